The molecular formula is C15H12BrCl2NO. The number of hydrogen-bond donors (Lipinski definition) is 1. The zero-order chi connectivity index (χ0) is 14.1. The molecule has 1 unspecified atom stereocenters. The minimum atomic E-state index is 0.149. The maximum absolute atomic E-state index is 6.27. The van der Waals surface area contributed by atoms with E-state index < -0.39 is 0 Å². The number of rotatable bonds is 2. The topological polar surface area (TPSA) is 21.3 Å². The standard InChI is InChI=1S/C15H12BrCl2NO/c16-9-7-11(17)15(12(18)8-9)19-13-5-6-20-14-4-2-1-3-10(13)14/h1-4,7-8,13,19H,5-6H2. The molecule has 3 rings (SSSR count). The number of hydrogen-bond acceptors (Lipinski definition) is 2. The number of fused-ring (bicyclic) bond motifs is 1. The maximum atomic E-state index is 6.27. The monoisotopic (exact) mass is 371 g/mol. The van der Waals surface area contributed by atoms with Crippen molar-refractivity contribution in [1.82, 2.24) is 0 Å². The highest BCUT2D eigenvalue weighted by atomic mass is 79.9. The van der Waals surface area contributed by atoms with Gasteiger partial charge < -0.3 is 10.1 Å². The van der Waals surface area contributed by atoms with Crippen molar-refractivity contribution in [3.05, 3.63) is 56.5 Å². The minimum absolute atomic E-state index is 0.149. The van der Waals surface area contributed by atoms with Crippen LogP contribution in [0.25, 0.3) is 0 Å². The van der Waals surface area contributed by atoms with Crippen LogP contribution in [0.1, 0.15) is 18.0 Å². The highest BCUT2D eigenvalue weighted by Gasteiger charge is 2.22. The van der Waals surface area contributed by atoms with E-state index in [-0.39, 0.29) is 6.04 Å². The first-order valence-corrected chi connectivity index (χ1v) is 7.83. The summed E-state index contributed by atoms with van der Waals surface area (Å²) >= 11 is 15.9. The van der Waals surface area contributed by atoms with Crippen LogP contribution in [0.15, 0.2) is 40.9 Å². The van der Waals surface area contributed by atoms with Gasteiger partial charge in [-0.1, -0.05) is 57.3 Å². The zero-order valence-corrected chi connectivity index (χ0v) is 13.6. The fourth-order valence-electron chi connectivity index (χ4n) is 2.35. The van der Waals surface area contributed by atoms with E-state index in [2.05, 4.69) is 27.3 Å². The lowest BCUT2D eigenvalue weighted by molar-refractivity contribution is 0.274. The number of para-hydroxylation sites is 1. The van der Waals surface area contributed by atoms with Gasteiger partial charge in [0, 0.05) is 16.5 Å². The summed E-state index contributed by atoms with van der Waals surface area (Å²) in [4.78, 5) is 0. The van der Waals surface area contributed by atoms with E-state index in [1.54, 1.807) is 0 Å². The smallest absolute Gasteiger partial charge is 0.124 e. The SMILES string of the molecule is Clc1cc(Br)cc(Cl)c1NC1CCOc2ccccc21. The first kappa shape index (κ1) is 14.1. The summed E-state index contributed by atoms with van der Waals surface area (Å²) in [6, 6.07) is 11.8. The lowest BCUT2D eigenvalue weighted by Crippen LogP contribution is -2.20. The molecule has 1 heterocycles. The second kappa shape index (κ2) is 5.84. The fourth-order valence-corrected chi connectivity index (χ4v) is 3.66. The van der Waals surface area contributed by atoms with Gasteiger partial charge in [-0.05, 0) is 18.2 Å². The summed E-state index contributed by atoms with van der Waals surface area (Å²) in [6.45, 7) is 0.681. The molecular weight excluding hydrogens is 361 g/mol. The average molecular weight is 373 g/mol. The second-order valence-electron chi connectivity index (χ2n) is 4.62. The Morgan fingerprint density at radius 1 is 1.15 bits per heavy atom. The molecule has 20 heavy (non-hydrogen) atoms. The number of nitrogens with one attached hydrogen (secondary N) is 1. The molecule has 0 aromatic heterocycles. The first-order valence-electron chi connectivity index (χ1n) is 6.28. The van der Waals surface area contributed by atoms with Crippen LogP contribution in [0, 0.1) is 0 Å². The Hall–Kier alpha value is -0.900. The average Bonchev–Trinajstić information content (AvgIpc) is 2.43. The van der Waals surface area contributed by atoms with Crippen LogP contribution in [0.2, 0.25) is 10.0 Å². The van der Waals surface area contributed by atoms with Gasteiger partial charge in [0.2, 0.25) is 0 Å². The third kappa shape index (κ3) is 2.76. The van der Waals surface area contributed by atoms with Crippen molar-refractivity contribution >= 4 is 44.8 Å². The number of anilines is 1. The van der Waals surface area contributed by atoms with Gasteiger partial charge in [0.15, 0.2) is 0 Å². The molecule has 0 bridgehead atoms. The quantitative estimate of drug-likeness (QED) is 0.730. The number of ether oxygens (including phenoxy) is 1. The minimum Gasteiger partial charge on any atom is -0.493 e. The Kier molecular flexibility index (Phi) is 4.11. The summed E-state index contributed by atoms with van der Waals surface area (Å²) in [5, 5.41) is 4.65. The lowest BCUT2D eigenvalue weighted by Gasteiger charge is -2.28. The largest absolute Gasteiger partial charge is 0.493 e. The third-order valence-corrected chi connectivity index (χ3v) is 4.34. The van der Waals surface area contributed by atoms with Crippen molar-refractivity contribution < 1.29 is 4.74 Å². The van der Waals surface area contributed by atoms with Gasteiger partial charge in [-0.3, -0.25) is 0 Å². The highest BCUT2D eigenvalue weighted by Crippen LogP contribution is 2.39. The zero-order valence-electron chi connectivity index (χ0n) is 10.5. The van der Waals surface area contributed by atoms with E-state index in [9.17, 15) is 0 Å². The summed E-state index contributed by atoms with van der Waals surface area (Å²) in [5.74, 6) is 0.917. The molecule has 0 spiro atoms. The van der Waals surface area contributed by atoms with Gasteiger partial charge in [-0.25, -0.2) is 0 Å². The van der Waals surface area contributed by atoms with Crippen LogP contribution in [-0.4, -0.2) is 6.61 Å². The van der Waals surface area contributed by atoms with E-state index in [0.29, 0.717) is 16.7 Å². The number of benzene rings is 2. The van der Waals surface area contributed by atoms with Crippen LogP contribution >= 0.6 is 39.1 Å². The Labute approximate surface area is 136 Å². The molecule has 5 heteroatoms. The summed E-state index contributed by atoms with van der Waals surface area (Å²) in [5.41, 5.74) is 1.90. The van der Waals surface area contributed by atoms with Gasteiger partial charge in [0.05, 0.1) is 28.4 Å². The van der Waals surface area contributed by atoms with E-state index in [4.69, 9.17) is 27.9 Å². The van der Waals surface area contributed by atoms with Crippen LogP contribution in [0.3, 0.4) is 0 Å². The molecule has 0 saturated carbocycles. The predicted octanol–water partition coefficient (Wildman–Crippen LogP) is 5.69. The van der Waals surface area contributed by atoms with E-state index in [0.717, 1.165) is 27.9 Å². The van der Waals surface area contributed by atoms with Gasteiger partial charge in [0.25, 0.3) is 0 Å². The predicted molar refractivity (Wildman–Crippen MR) is 87.1 cm³/mol. The molecule has 104 valence electrons. The molecule has 0 saturated heterocycles. The molecule has 1 aliphatic heterocycles. The van der Waals surface area contributed by atoms with Crippen LogP contribution in [0.4, 0.5) is 5.69 Å². The van der Waals surface area contributed by atoms with Crippen molar-refractivity contribution in [2.45, 2.75) is 12.5 Å². The van der Waals surface area contributed by atoms with Gasteiger partial charge in [-0.15, -0.1) is 0 Å². The van der Waals surface area contributed by atoms with Crippen molar-refractivity contribution in [2.24, 2.45) is 0 Å². The van der Waals surface area contributed by atoms with Crippen molar-refractivity contribution in [1.29, 1.82) is 0 Å². The normalized spacial score (nSPS) is 17.2. The molecule has 1 N–H and O–H groups in total. The first-order chi connectivity index (χ1) is 9.65. The summed E-state index contributed by atoms with van der Waals surface area (Å²) in [7, 11) is 0. The summed E-state index contributed by atoms with van der Waals surface area (Å²) < 4.78 is 6.52. The molecule has 0 aliphatic carbocycles. The molecule has 2 nitrogen and oxygen atoms in total. The number of halogens is 3. The molecule has 0 radical (unpaired) electrons. The Bertz CT molecular complexity index is 625. The lowest BCUT2D eigenvalue weighted by atomic mass is 10.0. The summed E-state index contributed by atoms with van der Waals surface area (Å²) in [6.07, 6.45) is 0.875. The Balaban J connectivity index is 1.94. The molecule has 2 aromatic carbocycles. The maximum Gasteiger partial charge on any atom is 0.124 e. The van der Waals surface area contributed by atoms with Crippen molar-refractivity contribution in [3.8, 4) is 5.75 Å². The van der Waals surface area contributed by atoms with E-state index >= 15 is 0 Å². The fraction of sp³-hybridized carbons (Fsp3) is 0.200. The Morgan fingerprint density at radius 3 is 2.60 bits per heavy atom. The Morgan fingerprint density at radius 2 is 1.85 bits per heavy atom. The molecule has 0 amide bonds. The molecule has 0 fully saturated rings. The molecule has 1 atom stereocenters. The van der Waals surface area contributed by atoms with Crippen molar-refractivity contribution in [3.63, 3.8) is 0 Å². The van der Waals surface area contributed by atoms with Gasteiger partial charge in [-0.2, -0.15) is 0 Å². The second-order valence-corrected chi connectivity index (χ2v) is 6.35. The molecule has 2 aromatic rings. The van der Waals surface area contributed by atoms with Crippen LogP contribution in [-0.2, 0) is 0 Å². The highest BCUT2D eigenvalue weighted by molar-refractivity contribution is 9.10. The van der Waals surface area contributed by atoms with Gasteiger partial charge in [0.1, 0.15) is 5.75 Å². The van der Waals surface area contributed by atoms with E-state index in [1.165, 1.54) is 0 Å². The van der Waals surface area contributed by atoms with Gasteiger partial charge >= 0.3 is 0 Å². The molecule has 1 aliphatic rings. The van der Waals surface area contributed by atoms with Crippen LogP contribution < -0.4 is 10.1 Å². The van der Waals surface area contributed by atoms with E-state index in [1.807, 2.05) is 30.3 Å². The third-order valence-electron chi connectivity index (χ3n) is 3.28. The van der Waals surface area contributed by atoms with Crippen molar-refractivity contribution in [2.75, 3.05) is 11.9 Å². The van der Waals surface area contributed by atoms with Crippen LogP contribution in [0.5, 0.6) is 5.75 Å².